The summed E-state index contributed by atoms with van der Waals surface area (Å²) in [5.41, 5.74) is 0.149. The van der Waals surface area contributed by atoms with Gasteiger partial charge in [-0.15, -0.1) is 0 Å². The number of hydrogen-bond donors (Lipinski definition) is 2. The Kier molecular flexibility index (Phi) is 8.17. The molecule has 0 radical (unpaired) electrons. The zero-order valence-electron chi connectivity index (χ0n) is 17.5. The summed E-state index contributed by atoms with van der Waals surface area (Å²) in [5.74, 6) is 0.159. The van der Waals surface area contributed by atoms with Crippen LogP contribution >= 0.6 is 0 Å². The molecule has 2 amide bonds. The largest absolute Gasteiger partial charge is 0.457 e. The van der Waals surface area contributed by atoms with Gasteiger partial charge in [-0.05, 0) is 50.6 Å². The van der Waals surface area contributed by atoms with Gasteiger partial charge in [0.15, 0.2) is 0 Å². The van der Waals surface area contributed by atoms with E-state index < -0.39 is 23.6 Å². The Bertz CT molecular complexity index is 849. The number of amides is 2. The van der Waals surface area contributed by atoms with Crippen LogP contribution in [0, 0.1) is 5.82 Å². The Labute approximate surface area is 175 Å². The summed E-state index contributed by atoms with van der Waals surface area (Å²) >= 11 is 0. The van der Waals surface area contributed by atoms with Gasteiger partial charge < -0.3 is 24.8 Å². The average molecular weight is 418 g/mol. The Balaban J connectivity index is 1.89. The van der Waals surface area contributed by atoms with Crippen LogP contribution in [0.2, 0.25) is 0 Å². The van der Waals surface area contributed by atoms with Crippen molar-refractivity contribution >= 4 is 12.0 Å². The number of methoxy groups -OCH3 is 1. The zero-order chi connectivity index (χ0) is 22.1. The Morgan fingerprint density at radius 3 is 2.37 bits per heavy atom. The molecule has 0 fully saturated rings. The normalized spacial score (nSPS) is 12.0. The Morgan fingerprint density at radius 1 is 1.07 bits per heavy atom. The molecule has 162 valence electrons. The number of rotatable bonds is 8. The standard InChI is InChI=1S/C22H27FN2O5/c1-22(2,3)30-21(27)25-19(14-28-4)20(26)24-13-15-8-10-17(11-9-15)29-18-7-5-6-16(23)12-18/h5-12,19H,13-14H2,1-4H3,(H,24,26)(H,25,27)/t19-/m1/s1. The first-order valence-electron chi connectivity index (χ1n) is 9.45. The van der Waals surface area contributed by atoms with E-state index in [1.54, 1.807) is 57.2 Å². The van der Waals surface area contributed by atoms with Crippen molar-refractivity contribution < 1.29 is 28.2 Å². The lowest BCUT2D eigenvalue weighted by Crippen LogP contribution is -2.50. The van der Waals surface area contributed by atoms with Crippen LogP contribution in [0.1, 0.15) is 26.3 Å². The lowest BCUT2D eigenvalue weighted by molar-refractivity contribution is -0.124. The van der Waals surface area contributed by atoms with Crippen molar-refractivity contribution in [2.75, 3.05) is 13.7 Å². The number of ether oxygens (including phenoxy) is 3. The molecule has 1 atom stereocenters. The fourth-order valence-corrected chi connectivity index (χ4v) is 2.45. The summed E-state index contributed by atoms with van der Waals surface area (Å²) in [4.78, 5) is 24.4. The van der Waals surface area contributed by atoms with Gasteiger partial charge in [0, 0.05) is 19.7 Å². The summed E-state index contributed by atoms with van der Waals surface area (Å²) in [6.07, 6.45) is -0.696. The van der Waals surface area contributed by atoms with E-state index >= 15 is 0 Å². The van der Waals surface area contributed by atoms with E-state index in [-0.39, 0.29) is 19.0 Å². The molecule has 2 aromatic rings. The van der Waals surface area contributed by atoms with Crippen LogP contribution in [0.4, 0.5) is 9.18 Å². The van der Waals surface area contributed by atoms with E-state index in [4.69, 9.17) is 14.2 Å². The van der Waals surface area contributed by atoms with Crippen LogP contribution in [0.15, 0.2) is 48.5 Å². The van der Waals surface area contributed by atoms with Crippen molar-refractivity contribution in [2.24, 2.45) is 0 Å². The highest BCUT2D eigenvalue weighted by molar-refractivity contribution is 5.85. The molecule has 0 aliphatic rings. The van der Waals surface area contributed by atoms with E-state index in [9.17, 15) is 14.0 Å². The maximum atomic E-state index is 13.2. The Hall–Kier alpha value is -3.13. The van der Waals surface area contributed by atoms with Gasteiger partial charge in [0.05, 0.1) is 6.61 Å². The predicted molar refractivity (Wildman–Crippen MR) is 110 cm³/mol. The van der Waals surface area contributed by atoms with Crippen LogP contribution < -0.4 is 15.4 Å². The predicted octanol–water partition coefficient (Wildman–Crippen LogP) is 3.77. The van der Waals surface area contributed by atoms with E-state index in [1.807, 2.05) is 0 Å². The quantitative estimate of drug-likeness (QED) is 0.682. The third-order valence-electron chi connectivity index (χ3n) is 3.76. The van der Waals surface area contributed by atoms with Crippen molar-refractivity contribution in [1.29, 1.82) is 0 Å². The summed E-state index contributed by atoms with van der Waals surface area (Å²) in [5, 5.41) is 5.25. The van der Waals surface area contributed by atoms with Crippen LogP contribution in [-0.4, -0.2) is 37.4 Å². The number of halogens is 1. The lowest BCUT2D eigenvalue weighted by atomic mass is 10.2. The number of carbonyl (C=O) groups is 2. The first-order chi connectivity index (χ1) is 14.2. The molecule has 0 heterocycles. The fraction of sp³-hybridized carbons (Fsp3) is 0.364. The molecule has 0 aromatic heterocycles. The maximum Gasteiger partial charge on any atom is 0.408 e. The van der Waals surface area contributed by atoms with Crippen LogP contribution in [0.25, 0.3) is 0 Å². The van der Waals surface area contributed by atoms with Crippen molar-refractivity contribution in [3.63, 3.8) is 0 Å². The van der Waals surface area contributed by atoms with Crippen molar-refractivity contribution in [3.8, 4) is 11.5 Å². The van der Waals surface area contributed by atoms with Crippen LogP contribution in [0.3, 0.4) is 0 Å². The van der Waals surface area contributed by atoms with Crippen LogP contribution in [0.5, 0.6) is 11.5 Å². The smallest absolute Gasteiger partial charge is 0.408 e. The molecule has 2 rings (SSSR count). The van der Waals surface area contributed by atoms with Gasteiger partial charge >= 0.3 is 6.09 Å². The van der Waals surface area contributed by atoms with Crippen LogP contribution in [-0.2, 0) is 20.8 Å². The second-order valence-corrected chi connectivity index (χ2v) is 7.58. The second kappa shape index (κ2) is 10.6. The molecule has 2 N–H and O–H groups in total. The minimum Gasteiger partial charge on any atom is -0.457 e. The highest BCUT2D eigenvalue weighted by Crippen LogP contribution is 2.22. The van der Waals surface area contributed by atoms with Crippen molar-refractivity contribution in [1.82, 2.24) is 10.6 Å². The van der Waals surface area contributed by atoms with Crippen molar-refractivity contribution in [3.05, 3.63) is 59.9 Å². The molecule has 7 nitrogen and oxygen atoms in total. The van der Waals surface area contributed by atoms with E-state index in [2.05, 4.69) is 10.6 Å². The van der Waals surface area contributed by atoms with E-state index in [0.29, 0.717) is 11.5 Å². The molecule has 0 aliphatic heterocycles. The van der Waals surface area contributed by atoms with Gasteiger partial charge in [0.1, 0.15) is 29.0 Å². The third kappa shape index (κ3) is 8.08. The fourth-order valence-electron chi connectivity index (χ4n) is 2.45. The maximum absolute atomic E-state index is 13.2. The average Bonchev–Trinajstić information content (AvgIpc) is 2.65. The van der Waals surface area contributed by atoms with Gasteiger partial charge in [0.2, 0.25) is 5.91 Å². The summed E-state index contributed by atoms with van der Waals surface area (Å²) < 4.78 is 29.0. The first-order valence-corrected chi connectivity index (χ1v) is 9.45. The van der Waals surface area contributed by atoms with Gasteiger partial charge in [-0.2, -0.15) is 0 Å². The molecule has 0 saturated heterocycles. The molecular weight excluding hydrogens is 391 g/mol. The molecule has 0 spiro atoms. The third-order valence-corrected chi connectivity index (χ3v) is 3.76. The van der Waals surface area contributed by atoms with Gasteiger partial charge in [-0.25, -0.2) is 9.18 Å². The monoisotopic (exact) mass is 418 g/mol. The van der Waals surface area contributed by atoms with E-state index in [0.717, 1.165) is 5.56 Å². The second-order valence-electron chi connectivity index (χ2n) is 7.58. The lowest BCUT2D eigenvalue weighted by Gasteiger charge is -2.23. The topological polar surface area (TPSA) is 85.9 Å². The van der Waals surface area contributed by atoms with Gasteiger partial charge in [-0.1, -0.05) is 18.2 Å². The summed E-state index contributed by atoms with van der Waals surface area (Å²) in [7, 11) is 1.44. The minimum absolute atomic E-state index is 0.00545. The summed E-state index contributed by atoms with van der Waals surface area (Å²) in [6.45, 7) is 5.46. The van der Waals surface area contributed by atoms with Gasteiger partial charge in [0.25, 0.3) is 0 Å². The zero-order valence-corrected chi connectivity index (χ0v) is 17.5. The van der Waals surface area contributed by atoms with Crippen molar-refractivity contribution in [2.45, 2.75) is 39.0 Å². The molecule has 0 unspecified atom stereocenters. The van der Waals surface area contributed by atoms with E-state index in [1.165, 1.54) is 19.2 Å². The summed E-state index contributed by atoms with van der Waals surface area (Å²) in [6, 6.07) is 12.0. The molecule has 30 heavy (non-hydrogen) atoms. The molecular formula is C22H27FN2O5. The van der Waals surface area contributed by atoms with Gasteiger partial charge in [-0.3, -0.25) is 4.79 Å². The number of benzene rings is 2. The molecule has 0 bridgehead atoms. The molecule has 2 aromatic carbocycles. The highest BCUT2D eigenvalue weighted by atomic mass is 19.1. The minimum atomic E-state index is -0.888. The SMILES string of the molecule is COC[C@@H](NC(=O)OC(C)(C)C)C(=O)NCc1ccc(Oc2cccc(F)c2)cc1. The number of carbonyl (C=O) groups excluding carboxylic acids is 2. The number of alkyl carbamates (subject to hydrolysis) is 1. The number of nitrogens with one attached hydrogen (secondary N) is 2. The molecule has 0 aliphatic carbocycles. The number of hydrogen-bond acceptors (Lipinski definition) is 5. The highest BCUT2D eigenvalue weighted by Gasteiger charge is 2.24. The molecule has 0 saturated carbocycles. The first kappa shape index (κ1) is 23.2. The molecule has 8 heteroatoms. The Morgan fingerprint density at radius 2 is 1.77 bits per heavy atom.